The highest BCUT2D eigenvalue weighted by Crippen LogP contribution is 2.40. The van der Waals surface area contributed by atoms with Gasteiger partial charge in [-0.3, -0.25) is 5.32 Å². The number of anilines is 1. The molecule has 2 saturated heterocycles. The summed E-state index contributed by atoms with van der Waals surface area (Å²) in [5, 5.41) is 7.09. The minimum atomic E-state index is -0.334. The van der Waals surface area contributed by atoms with Crippen molar-refractivity contribution in [1.82, 2.24) is 0 Å². The lowest BCUT2D eigenvalue weighted by Gasteiger charge is -2.43. The smallest absolute Gasteiger partial charge is 0.411 e. The maximum atomic E-state index is 12.5. The Kier molecular flexibility index (Phi) is 4.29. The highest BCUT2D eigenvalue weighted by molar-refractivity contribution is 7.08. The van der Waals surface area contributed by atoms with Gasteiger partial charge in [-0.1, -0.05) is 18.2 Å². The minimum Gasteiger partial charge on any atom is -0.445 e. The molecule has 1 aromatic heterocycles. The Balaban J connectivity index is 1.43. The largest absolute Gasteiger partial charge is 0.445 e. The van der Waals surface area contributed by atoms with Crippen molar-refractivity contribution in [2.75, 3.05) is 19.4 Å². The minimum absolute atomic E-state index is 0.0389. The fourth-order valence-corrected chi connectivity index (χ4v) is 5.14. The van der Waals surface area contributed by atoms with Crippen molar-refractivity contribution in [1.29, 1.82) is 0 Å². The summed E-state index contributed by atoms with van der Waals surface area (Å²) in [6.45, 7) is 0. The Hall–Kier alpha value is -1.85. The van der Waals surface area contributed by atoms with Gasteiger partial charge in [0.15, 0.2) is 0 Å². The van der Waals surface area contributed by atoms with Crippen molar-refractivity contribution in [3.05, 3.63) is 41.1 Å². The summed E-state index contributed by atoms with van der Waals surface area (Å²) in [4.78, 5) is 12.5. The third kappa shape index (κ3) is 3.18. The van der Waals surface area contributed by atoms with Crippen LogP contribution in [0.1, 0.15) is 25.7 Å². The van der Waals surface area contributed by atoms with Gasteiger partial charge in [0.1, 0.15) is 6.10 Å². The molecule has 2 aliphatic rings. The molecule has 2 atom stereocenters. The van der Waals surface area contributed by atoms with E-state index >= 15 is 0 Å². The van der Waals surface area contributed by atoms with Crippen LogP contribution in [0.15, 0.2) is 41.1 Å². The second-order valence-corrected chi connectivity index (χ2v) is 8.48. The number of hydrogen-bond acceptors (Lipinski definition) is 3. The lowest BCUT2D eigenvalue weighted by atomic mass is 9.98. The number of nitrogens with zero attached hydrogens (tertiary/aromatic N) is 1. The predicted octanol–water partition coefficient (Wildman–Crippen LogP) is 4.73. The summed E-state index contributed by atoms with van der Waals surface area (Å²) in [5.74, 6) is 0. The topological polar surface area (TPSA) is 38.3 Å². The molecule has 2 unspecified atom stereocenters. The zero-order valence-corrected chi connectivity index (χ0v) is 15.6. The van der Waals surface area contributed by atoms with Crippen molar-refractivity contribution < 1.29 is 14.0 Å². The lowest BCUT2D eigenvalue weighted by molar-refractivity contribution is -0.931. The Bertz CT molecular complexity index is 741. The van der Waals surface area contributed by atoms with E-state index in [9.17, 15) is 4.79 Å². The zero-order chi connectivity index (χ0) is 17.4. The number of ether oxygens (including phenoxy) is 1. The molecule has 1 amide bonds. The molecule has 4 nitrogen and oxygen atoms in total. The van der Waals surface area contributed by atoms with Crippen molar-refractivity contribution in [3.63, 3.8) is 0 Å². The van der Waals surface area contributed by atoms with Gasteiger partial charge in [0.2, 0.25) is 0 Å². The predicted molar refractivity (Wildman–Crippen MR) is 102 cm³/mol. The number of rotatable bonds is 3. The van der Waals surface area contributed by atoms with Crippen LogP contribution in [0.5, 0.6) is 0 Å². The van der Waals surface area contributed by atoms with Crippen LogP contribution in [0.2, 0.25) is 0 Å². The third-order valence-corrected chi connectivity index (χ3v) is 6.74. The molecule has 132 valence electrons. The average Bonchev–Trinajstić information content (AvgIpc) is 3.12. The quantitative estimate of drug-likeness (QED) is 0.806. The molecule has 2 aliphatic heterocycles. The molecular formula is C20H25N2O2S+. The van der Waals surface area contributed by atoms with Gasteiger partial charge in [-0.2, -0.15) is 11.3 Å². The molecule has 1 aromatic carbocycles. The van der Waals surface area contributed by atoms with E-state index in [1.54, 1.807) is 11.3 Å². The van der Waals surface area contributed by atoms with Gasteiger partial charge in [-0.15, -0.1) is 0 Å². The van der Waals surface area contributed by atoms with E-state index in [1.165, 1.54) is 12.8 Å². The summed E-state index contributed by atoms with van der Waals surface area (Å²) in [6.07, 6.45) is 4.16. The molecule has 0 saturated carbocycles. The highest BCUT2D eigenvalue weighted by Gasteiger charge is 2.49. The van der Waals surface area contributed by atoms with Crippen LogP contribution in [0.3, 0.4) is 0 Å². The highest BCUT2D eigenvalue weighted by atomic mass is 32.1. The van der Waals surface area contributed by atoms with Crippen LogP contribution < -0.4 is 5.32 Å². The van der Waals surface area contributed by atoms with Gasteiger partial charge in [-0.05, 0) is 28.5 Å². The van der Waals surface area contributed by atoms with Crippen LogP contribution >= 0.6 is 11.3 Å². The van der Waals surface area contributed by atoms with E-state index in [0.717, 1.165) is 34.1 Å². The second kappa shape index (κ2) is 6.46. The van der Waals surface area contributed by atoms with Gasteiger partial charge in [-0.25, -0.2) is 4.79 Å². The standard InChI is InChI=1S/C20H24N2O2S/c1-22(2)15-7-8-16(22)12-17(11-15)24-20(23)21-19-6-4-3-5-18(19)14-9-10-25-13-14/h3-6,9-10,13,15-17H,7-8,11-12H2,1-2H3/p+1. The Morgan fingerprint density at radius 2 is 1.88 bits per heavy atom. The van der Waals surface area contributed by atoms with Gasteiger partial charge >= 0.3 is 6.09 Å². The molecule has 1 N–H and O–H groups in total. The fourth-order valence-electron chi connectivity index (χ4n) is 4.48. The van der Waals surface area contributed by atoms with E-state index in [1.807, 2.05) is 29.6 Å². The lowest BCUT2D eigenvalue weighted by Crippen LogP contribution is -2.56. The molecule has 2 aromatic rings. The van der Waals surface area contributed by atoms with Crippen LogP contribution in [0.4, 0.5) is 10.5 Å². The number of thiophene rings is 1. The first-order valence-corrected chi connectivity index (χ1v) is 9.91. The Morgan fingerprint density at radius 1 is 1.16 bits per heavy atom. The van der Waals surface area contributed by atoms with E-state index in [2.05, 4.69) is 30.9 Å². The van der Waals surface area contributed by atoms with Crippen molar-refractivity contribution in [2.45, 2.75) is 43.9 Å². The van der Waals surface area contributed by atoms with Crippen molar-refractivity contribution in [2.24, 2.45) is 0 Å². The molecule has 25 heavy (non-hydrogen) atoms. The molecular weight excluding hydrogens is 332 g/mol. The first kappa shape index (κ1) is 16.6. The van der Waals surface area contributed by atoms with Crippen LogP contribution in [-0.2, 0) is 4.74 Å². The van der Waals surface area contributed by atoms with E-state index in [0.29, 0.717) is 12.1 Å². The van der Waals surface area contributed by atoms with E-state index in [4.69, 9.17) is 4.74 Å². The number of carbonyl (C=O) groups is 1. The van der Waals surface area contributed by atoms with Gasteiger partial charge in [0.25, 0.3) is 0 Å². The van der Waals surface area contributed by atoms with Crippen LogP contribution in [0.25, 0.3) is 11.1 Å². The van der Waals surface area contributed by atoms with Crippen LogP contribution in [-0.4, -0.2) is 42.9 Å². The van der Waals surface area contributed by atoms with Gasteiger partial charge in [0, 0.05) is 31.2 Å². The van der Waals surface area contributed by atoms with Crippen molar-refractivity contribution in [3.8, 4) is 11.1 Å². The summed E-state index contributed by atoms with van der Waals surface area (Å²) in [7, 11) is 4.63. The fraction of sp³-hybridized carbons (Fsp3) is 0.450. The van der Waals surface area contributed by atoms with Gasteiger partial charge < -0.3 is 9.22 Å². The Labute approximate surface area is 153 Å². The van der Waals surface area contributed by atoms with Crippen molar-refractivity contribution >= 4 is 23.1 Å². The zero-order valence-electron chi connectivity index (χ0n) is 14.8. The summed E-state index contributed by atoms with van der Waals surface area (Å²) in [6, 6.07) is 11.2. The molecule has 3 heterocycles. The number of piperidine rings is 1. The monoisotopic (exact) mass is 357 g/mol. The molecule has 2 bridgehead atoms. The molecule has 5 heteroatoms. The van der Waals surface area contributed by atoms with Crippen LogP contribution in [0, 0.1) is 0 Å². The summed E-state index contributed by atoms with van der Waals surface area (Å²) in [5.41, 5.74) is 2.96. The number of fused-ring (bicyclic) bond motifs is 2. The van der Waals surface area contributed by atoms with E-state index in [-0.39, 0.29) is 12.2 Å². The second-order valence-electron chi connectivity index (χ2n) is 7.70. The maximum absolute atomic E-state index is 12.5. The molecule has 2 fully saturated rings. The molecule has 0 aliphatic carbocycles. The number of benzene rings is 1. The summed E-state index contributed by atoms with van der Waals surface area (Å²) >= 11 is 1.65. The third-order valence-electron chi connectivity index (χ3n) is 6.05. The number of para-hydroxylation sites is 1. The number of hydrogen-bond donors (Lipinski definition) is 1. The number of carbonyl (C=O) groups excluding carboxylic acids is 1. The average molecular weight is 357 g/mol. The molecule has 4 rings (SSSR count). The first-order chi connectivity index (χ1) is 12.0. The van der Waals surface area contributed by atoms with Gasteiger partial charge in [0.05, 0.1) is 31.9 Å². The first-order valence-electron chi connectivity index (χ1n) is 8.96. The normalized spacial score (nSPS) is 27.0. The number of nitrogens with one attached hydrogen (secondary N) is 1. The Morgan fingerprint density at radius 3 is 2.56 bits per heavy atom. The molecule has 0 spiro atoms. The summed E-state index contributed by atoms with van der Waals surface area (Å²) < 4.78 is 6.87. The maximum Gasteiger partial charge on any atom is 0.411 e. The molecule has 0 radical (unpaired) electrons. The number of quaternary nitrogens is 1. The number of amides is 1. The van der Waals surface area contributed by atoms with E-state index < -0.39 is 0 Å². The SMILES string of the molecule is C[N+]1(C)C2CCC1CC(OC(=O)Nc1ccccc1-c1ccsc1)C2.